The smallest absolute Gasteiger partial charge is 0.310 e. The molecule has 0 unspecified atom stereocenters. The van der Waals surface area contributed by atoms with Gasteiger partial charge in [-0.2, -0.15) is 0 Å². The first-order chi connectivity index (χ1) is 13.0. The van der Waals surface area contributed by atoms with Gasteiger partial charge in [-0.1, -0.05) is 24.3 Å². The standard InChI is InChI=1S/C18H16N4O5/c1-11-7-8-13(9-12(11)2)17-18(21-27-20-17)19-16(23)10-26-15-6-4-3-5-14(15)22(24)25/h3-9H,10H2,1-2H3,(H,19,21,23). The largest absolute Gasteiger partial charge is 0.477 e. The third-order valence-corrected chi connectivity index (χ3v) is 3.95. The monoisotopic (exact) mass is 368 g/mol. The van der Waals surface area contributed by atoms with Crippen molar-refractivity contribution in [3.63, 3.8) is 0 Å². The van der Waals surface area contributed by atoms with Gasteiger partial charge in [-0.3, -0.25) is 14.9 Å². The van der Waals surface area contributed by atoms with E-state index in [-0.39, 0.29) is 17.3 Å². The van der Waals surface area contributed by atoms with Crippen LogP contribution in [0.25, 0.3) is 11.3 Å². The van der Waals surface area contributed by atoms with Gasteiger partial charge >= 0.3 is 5.69 Å². The van der Waals surface area contributed by atoms with Gasteiger partial charge in [-0.05, 0) is 47.4 Å². The van der Waals surface area contributed by atoms with E-state index in [1.165, 1.54) is 18.2 Å². The molecule has 0 radical (unpaired) electrons. The van der Waals surface area contributed by atoms with E-state index in [9.17, 15) is 14.9 Å². The van der Waals surface area contributed by atoms with Crippen molar-refractivity contribution in [1.29, 1.82) is 0 Å². The SMILES string of the molecule is Cc1ccc(-c2nonc2NC(=O)COc2ccccc2[N+](=O)[O-])cc1C. The van der Waals surface area contributed by atoms with E-state index < -0.39 is 17.4 Å². The van der Waals surface area contributed by atoms with Gasteiger partial charge in [0.1, 0.15) is 0 Å². The zero-order chi connectivity index (χ0) is 19.4. The number of nitro benzene ring substituents is 1. The minimum Gasteiger partial charge on any atom is -0.477 e. The zero-order valence-corrected chi connectivity index (χ0v) is 14.6. The highest BCUT2D eigenvalue weighted by Crippen LogP contribution is 2.27. The van der Waals surface area contributed by atoms with Gasteiger partial charge in [-0.25, -0.2) is 4.63 Å². The Kier molecular flexibility index (Phi) is 5.11. The number of aromatic nitrogens is 2. The fraction of sp³-hybridized carbons (Fsp3) is 0.167. The van der Waals surface area contributed by atoms with Crippen LogP contribution < -0.4 is 10.1 Å². The lowest BCUT2D eigenvalue weighted by Gasteiger charge is -2.07. The molecule has 138 valence electrons. The summed E-state index contributed by atoms with van der Waals surface area (Å²) < 4.78 is 10.00. The number of nitro groups is 1. The first kappa shape index (κ1) is 18.1. The van der Waals surface area contributed by atoms with Crippen LogP contribution in [0.2, 0.25) is 0 Å². The molecule has 1 amide bonds. The summed E-state index contributed by atoms with van der Waals surface area (Å²) in [6, 6.07) is 11.5. The van der Waals surface area contributed by atoms with Crippen molar-refractivity contribution in [2.24, 2.45) is 0 Å². The third kappa shape index (κ3) is 4.09. The van der Waals surface area contributed by atoms with Crippen molar-refractivity contribution in [2.75, 3.05) is 11.9 Å². The molecule has 27 heavy (non-hydrogen) atoms. The first-order valence-corrected chi connectivity index (χ1v) is 8.02. The summed E-state index contributed by atoms with van der Waals surface area (Å²) in [5.74, 6) is -0.395. The van der Waals surface area contributed by atoms with E-state index in [4.69, 9.17) is 9.37 Å². The van der Waals surface area contributed by atoms with E-state index in [1.54, 1.807) is 6.07 Å². The topological polar surface area (TPSA) is 120 Å². The molecule has 0 saturated heterocycles. The molecule has 0 spiro atoms. The number of carbonyl (C=O) groups excluding carboxylic acids is 1. The van der Waals surface area contributed by atoms with Crippen LogP contribution in [0.5, 0.6) is 5.75 Å². The van der Waals surface area contributed by atoms with Crippen molar-refractivity contribution in [1.82, 2.24) is 10.3 Å². The highest BCUT2D eigenvalue weighted by molar-refractivity contribution is 5.94. The molecule has 0 aliphatic rings. The number of anilines is 1. The van der Waals surface area contributed by atoms with E-state index >= 15 is 0 Å². The minimum atomic E-state index is -0.577. The number of rotatable bonds is 6. The summed E-state index contributed by atoms with van der Waals surface area (Å²) in [6.07, 6.45) is 0. The Labute approximate surface area is 154 Å². The lowest BCUT2D eigenvalue weighted by molar-refractivity contribution is -0.385. The summed E-state index contributed by atoms with van der Waals surface area (Å²) in [5.41, 5.74) is 3.10. The second-order valence-electron chi connectivity index (χ2n) is 5.82. The number of hydrogen-bond donors (Lipinski definition) is 1. The fourth-order valence-electron chi connectivity index (χ4n) is 2.39. The minimum absolute atomic E-state index is 0.00492. The number of carbonyl (C=O) groups is 1. The van der Waals surface area contributed by atoms with E-state index in [1.807, 2.05) is 32.0 Å². The normalized spacial score (nSPS) is 10.4. The molecular weight excluding hydrogens is 352 g/mol. The molecule has 9 heteroatoms. The van der Waals surface area contributed by atoms with Gasteiger partial charge in [0.15, 0.2) is 18.1 Å². The molecule has 0 aliphatic heterocycles. The van der Waals surface area contributed by atoms with Gasteiger partial charge in [0, 0.05) is 11.6 Å². The van der Waals surface area contributed by atoms with Crippen molar-refractivity contribution < 1.29 is 19.1 Å². The molecule has 0 atom stereocenters. The maximum atomic E-state index is 12.2. The Morgan fingerprint density at radius 3 is 2.70 bits per heavy atom. The van der Waals surface area contributed by atoms with Crippen LogP contribution in [0.15, 0.2) is 47.1 Å². The van der Waals surface area contributed by atoms with Gasteiger partial charge in [0.05, 0.1) is 4.92 Å². The highest BCUT2D eigenvalue weighted by Gasteiger charge is 2.18. The van der Waals surface area contributed by atoms with E-state index in [0.717, 1.165) is 16.7 Å². The molecule has 1 heterocycles. The van der Waals surface area contributed by atoms with Crippen LogP contribution >= 0.6 is 0 Å². The number of nitrogens with one attached hydrogen (secondary N) is 1. The molecule has 1 N–H and O–H groups in total. The van der Waals surface area contributed by atoms with Crippen LogP contribution in [0.1, 0.15) is 11.1 Å². The molecule has 0 bridgehead atoms. The average Bonchev–Trinajstić information content (AvgIpc) is 3.10. The second-order valence-corrected chi connectivity index (χ2v) is 5.82. The highest BCUT2D eigenvalue weighted by atomic mass is 16.6. The van der Waals surface area contributed by atoms with Crippen LogP contribution in [0.4, 0.5) is 11.5 Å². The molecule has 3 rings (SSSR count). The molecule has 0 fully saturated rings. The first-order valence-electron chi connectivity index (χ1n) is 8.02. The molecule has 2 aromatic carbocycles. The summed E-state index contributed by atoms with van der Waals surface area (Å²) in [6.45, 7) is 3.53. The summed E-state index contributed by atoms with van der Waals surface area (Å²) in [4.78, 5) is 22.5. The number of para-hydroxylation sites is 2. The number of aryl methyl sites for hydroxylation is 2. The quantitative estimate of drug-likeness (QED) is 0.523. The number of benzene rings is 2. The Morgan fingerprint density at radius 1 is 1.19 bits per heavy atom. The lowest BCUT2D eigenvalue weighted by Crippen LogP contribution is -2.21. The zero-order valence-electron chi connectivity index (χ0n) is 14.6. The van der Waals surface area contributed by atoms with Gasteiger partial charge in [0.25, 0.3) is 5.91 Å². The van der Waals surface area contributed by atoms with Crippen molar-refractivity contribution in [3.05, 3.63) is 63.7 Å². The van der Waals surface area contributed by atoms with Crippen LogP contribution in [-0.4, -0.2) is 27.8 Å². The van der Waals surface area contributed by atoms with E-state index in [2.05, 4.69) is 15.6 Å². The third-order valence-electron chi connectivity index (χ3n) is 3.95. The maximum absolute atomic E-state index is 12.2. The number of amides is 1. The Balaban J connectivity index is 1.70. The van der Waals surface area contributed by atoms with Crippen molar-refractivity contribution >= 4 is 17.4 Å². The van der Waals surface area contributed by atoms with E-state index in [0.29, 0.717) is 5.69 Å². The van der Waals surface area contributed by atoms with Crippen molar-refractivity contribution in [3.8, 4) is 17.0 Å². The Hall–Kier alpha value is -3.75. The van der Waals surface area contributed by atoms with Gasteiger partial charge in [0.2, 0.25) is 5.82 Å². The molecular formula is C18H16N4O5. The predicted molar refractivity (Wildman–Crippen MR) is 96.4 cm³/mol. The summed E-state index contributed by atoms with van der Waals surface area (Å²) in [7, 11) is 0. The average molecular weight is 368 g/mol. The summed E-state index contributed by atoms with van der Waals surface area (Å²) >= 11 is 0. The maximum Gasteiger partial charge on any atom is 0.310 e. The molecule has 0 aliphatic carbocycles. The fourth-order valence-corrected chi connectivity index (χ4v) is 2.39. The van der Waals surface area contributed by atoms with Gasteiger partial charge < -0.3 is 10.1 Å². The Morgan fingerprint density at radius 2 is 1.96 bits per heavy atom. The number of ether oxygens (including phenoxy) is 1. The van der Waals surface area contributed by atoms with Crippen LogP contribution in [0, 0.1) is 24.0 Å². The summed E-state index contributed by atoms with van der Waals surface area (Å²) in [5, 5.41) is 21.0. The van der Waals surface area contributed by atoms with Crippen molar-refractivity contribution in [2.45, 2.75) is 13.8 Å². The Bertz CT molecular complexity index is 999. The number of hydrogen-bond acceptors (Lipinski definition) is 7. The van der Waals surface area contributed by atoms with Crippen LogP contribution in [-0.2, 0) is 4.79 Å². The van der Waals surface area contributed by atoms with Crippen LogP contribution in [0.3, 0.4) is 0 Å². The molecule has 1 aromatic heterocycles. The second kappa shape index (κ2) is 7.65. The number of nitrogens with zero attached hydrogens (tertiary/aromatic N) is 3. The molecule has 0 saturated carbocycles. The molecule has 9 nitrogen and oxygen atoms in total. The molecule has 3 aromatic rings. The predicted octanol–water partition coefficient (Wildman–Crippen LogP) is 3.28. The lowest BCUT2D eigenvalue weighted by atomic mass is 10.0. The van der Waals surface area contributed by atoms with Gasteiger partial charge in [-0.15, -0.1) is 0 Å².